The van der Waals surface area contributed by atoms with Crippen LogP contribution in [-0.4, -0.2) is 29.5 Å². The number of rotatable bonds is 8. The number of ether oxygens (including phenoxy) is 1. The molecule has 2 aromatic carbocycles. The second-order valence-corrected chi connectivity index (χ2v) is 7.94. The molecule has 2 heterocycles. The van der Waals surface area contributed by atoms with Crippen LogP contribution < -0.4 is 0 Å². The Morgan fingerprint density at radius 1 is 0.710 bits per heavy atom. The fourth-order valence-corrected chi connectivity index (χ4v) is 4.09. The van der Waals surface area contributed by atoms with Gasteiger partial charge in [0.25, 0.3) is 0 Å². The third-order valence-electron chi connectivity index (χ3n) is 5.46. The smallest absolute Gasteiger partial charge is 0.191 e. The lowest BCUT2D eigenvalue weighted by atomic mass is 9.95. The normalized spacial score (nSPS) is 15.4. The lowest BCUT2D eigenvalue weighted by Crippen LogP contribution is -2.49. The van der Waals surface area contributed by atoms with Crippen molar-refractivity contribution in [3.05, 3.63) is 95.0 Å². The van der Waals surface area contributed by atoms with Gasteiger partial charge in [-0.2, -0.15) is 10.2 Å². The molecule has 0 aliphatic rings. The quantitative estimate of drug-likeness (QED) is 0.368. The van der Waals surface area contributed by atoms with Crippen LogP contribution in [0.3, 0.4) is 0 Å². The summed E-state index contributed by atoms with van der Waals surface area (Å²) < 4.78 is 10.6. The molecule has 2 unspecified atom stereocenters. The van der Waals surface area contributed by atoms with E-state index in [-0.39, 0.29) is 0 Å². The molecule has 4 rings (SSSR count). The Labute approximate surface area is 190 Å². The first-order valence-electron chi connectivity index (χ1n) is 9.96. The predicted molar refractivity (Wildman–Crippen MR) is 119 cm³/mol. The lowest BCUT2D eigenvalue weighted by Gasteiger charge is -2.43. The Kier molecular flexibility index (Phi) is 6.09. The molecule has 0 N–H and O–H groups in total. The number of halogens is 2. The van der Waals surface area contributed by atoms with E-state index < -0.39 is 11.4 Å². The molecule has 0 saturated heterocycles. The van der Waals surface area contributed by atoms with Gasteiger partial charge in [-0.15, -0.1) is 0 Å². The minimum atomic E-state index is -0.983. The molecule has 0 aliphatic carbocycles. The van der Waals surface area contributed by atoms with E-state index in [1.165, 1.54) is 12.7 Å². The highest BCUT2D eigenvalue weighted by atomic mass is 35.5. The standard InChI is InChI=1S/C22H22Cl2N6O/c1-3-21(29-15-25-13-27-29,17-5-9-19(23)10-6-17)31-22(4-2,30-16-26-14-28-30)18-7-11-20(24)12-8-18/h5-16H,3-4H2,1-2H3. The first-order valence-corrected chi connectivity index (χ1v) is 10.7. The monoisotopic (exact) mass is 456 g/mol. The summed E-state index contributed by atoms with van der Waals surface area (Å²) in [5.74, 6) is 0. The molecule has 9 heteroatoms. The van der Waals surface area contributed by atoms with Gasteiger partial charge in [-0.3, -0.25) is 0 Å². The molecule has 7 nitrogen and oxygen atoms in total. The molecule has 2 aromatic heterocycles. The van der Waals surface area contributed by atoms with Gasteiger partial charge in [0.2, 0.25) is 0 Å². The van der Waals surface area contributed by atoms with Crippen LogP contribution in [0.25, 0.3) is 0 Å². The SMILES string of the molecule is CCC(OC(CC)(c1ccc(Cl)cc1)n1cncn1)(c1ccc(Cl)cc1)n1cncn1. The van der Waals surface area contributed by atoms with Gasteiger partial charge in [0, 0.05) is 21.2 Å². The summed E-state index contributed by atoms with van der Waals surface area (Å²) in [6, 6.07) is 15.1. The molecule has 0 bridgehead atoms. The van der Waals surface area contributed by atoms with Crippen molar-refractivity contribution in [3.63, 3.8) is 0 Å². The highest BCUT2D eigenvalue weighted by Gasteiger charge is 2.46. The third kappa shape index (κ3) is 3.84. The van der Waals surface area contributed by atoms with Gasteiger partial charge >= 0.3 is 0 Å². The minimum Gasteiger partial charge on any atom is -0.317 e. The summed E-state index contributed by atoms with van der Waals surface area (Å²) in [6.07, 6.45) is 7.44. The van der Waals surface area contributed by atoms with Crippen molar-refractivity contribution in [2.45, 2.75) is 38.1 Å². The summed E-state index contributed by atoms with van der Waals surface area (Å²) >= 11 is 12.3. The van der Waals surface area contributed by atoms with E-state index in [9.17, 15) is 0 Å². The molecule has 31 heavy (non-hydrogen) atoms. The molecule has 0 aliphatic heterocycles. The zero-order valence-corrected chi connectivity index (χ0v) is 18.7. The molecule has 4 aromatic rings. The number of hydrogen-bond donors (Lipinski definition) is 0. The van der Waals surface area contributed by atoms with E-state index in [4.69, 9.17) is 27.9 Å². The number of hydrogen-bond acceptors (Lipinski definition) is 5. The Balaban J connectivity index is 1.95. The van der Waals surface area contributed by atoms with Gasteiger partial charge in [-0.1, -0.05) is 61.3 Å². The van der Waals surface area contributed by atoms with Crippen molar-refractivity contribution in [2.75, 3.05) is 0 Å². The zero-order valence-electron chi connectivity index (χ0n) is 17.2. The van der Waals surface area contributed by atoms with Crippen LogP contribution in [-0.2, 0) is 16.2 Å². The van der Waals surface area contributed by atoms with Crippen molar-refractivity contribution < 1.29 is 4.74 Å². The summed E-state index contributed by atoms with van der Waals surface area (Å²) in [5.41, 5.74) is -0.195. The van der Waals surface area contributed by atoms with Crippen LogP contribution in [0.4, 0.5) is 0 Å². The number of benzene rings is 2. The summed E-state index contributed by atoms with van der Waals surface area (Å²) in [4.78, 5) is 8.35. The number of aromatic nitrogens is 6. The van der Waals surface area contributed by atoms with Crippen molar-refractivity contribution in [2.24, 2.45) is 0 Å². The Morgan fingerprint density at radius 3 is 1.39 bits per heavy atom. The maximum absolute atomic E-state index is 7.10. The largest absolute Gasteiger partial charge is 0.317 e. The van der Waals surface area contributed by atoms with E-state index in [1.54, 1.807) is 22.0 Å². The molecule has 0 amide bonds. The second kappa shape index (κ2) is 8.78. The third-order valence-corrected chi connectivity index (χ3v) is 5.97. The average molecular weight is 457 g/mol. The molecular formula is C22H22Cl2N6O. The maximum atomic E-state index is 7.10. The fourth-order valence-electron chi connectivity index (χ4n) is 3.84. The summed E-state index contributed by atoms with van der Waals surface area (Å²) in [6.45, 7) is 4.08. The van der Waals surface area contributed by atoms with Crippen molar-refractivity contribution in [3.8, 4) is 0 Å². The molecule has 0 saturated carbocycles. The Bertz CT molecular complexity index is 1010. The molecular weight excluding hydrogens is 435 g/mol. The summed E-state index contributed by atoms with van der Waals surface area (Å²) in [7, 11) is 0. The van der Waals surface area contributed by atoms with Crippen LogP contribution >= 0.6 is 23.2 Å². The fraction of sp³-hybridized carbons (Fsp3) is 0.273. The predicted octanol–water partition coefficient (Wildman–Crippen LogP) is 5.12. The lowest BCUT2D eigenvalue weighted by molar-refractivity contribution is -0.211. The highest BCUT2D eigenvalue weighted by molar-refractivity contribution is 6.30. The van der Waals surface area contributed by atoms with E-state index in [0.29, 0.717) is 22.9 Å². The van der Waals surface area contributed by atoms with Crippen LogP contribution in [0, 0.1) is 0 Å². The minimum absolute atomic E-state index is 0.571. The van der Waals surface area contributed by atoms with E-state index in [1.807, 2.05) is 62.4 Å². The van der Waals surface area contributed by atoms with Crippen LogP contribution in [0.15, 0.2) is 73.8 Å². The molecule has 0 radical (unpaired) electrons. The molecule has 0 spiro atoms. The van der Waals surface area contributed by atoms with E-state index in [0.717, 1.165) is 11.1 Å². The van der Waals surface area contributed by atoms with Gasteiger partial charge in [-0.05, 0) is 37.1 Å². The van der Waals surface area contributed by atoms with Gasteiger partial charge < -0.3 is 4.74 Å². The first kappa shape index (κ1) is 21.5. The molecule has 160 valence electrons. The highest BCUT2D eigenvalue weighted by Crippen LogP contribution is 2.42. The van der Waals surface area contributed by atoms with Crippen molar-refractivity contribution in [1.82, 2.24) is 29.5 Å². The average Bonchev–Trinajstić information content (AvgIpc) is 3.52. The van der Waals surface area contributed by atoms with Gasteiger partial charge in [-0.25, -0.2) is 19.3 Å². The summed E-state index contributed by atoms with van der Waals surface area (Å²) in [5, 5.41) is 10.2. The van der Waals surface area contributed by atoms with Crippen LogP contribution in [0.5, 0.6) is 0 Å². The second-order valence-electron chi connectivity index (χ2n) is 7.07. The molecule has 2 atom stereocenters. The van der Waals surface area contributed by atoms with Gasteiger partial charge in [0.15, 0.2) is 11.4 Å². The Hall–Kier alpha value is -2.74. The van der Waals surface area contributed by atoms with Gasteiger partial charge in [0.05, 0.1) is 0 Å². The number of nitrogens with zero attached hydrogens (tertiary/aromatic N) is 6. The van der Waals surface area contributed by atoms with Crippen LogP contribution in [0.1, 0.15) is 37.8 Å². The van der Waals surface area contributed by atoms with E-state index >= 15 is 0 Å². The van der Waals surface area contributed by atoms with Crippen molar-refractivity contribution in [1.29, 1.82) is 0 Å². The van der Waals surface area contributed by atoms with Gasteiger partial charge in [0.1, 0.15) is 25.3 Å². The van der Waals surface area contributed by atoms with Crippen molar-refractivity contribution >= 4 is 23.2 Å². The van der Waals surface area contributed by atoms with E-state index in [2.05, 4.69) is 20.2 Å². The molecule has 0 fully saturated rings. The maximum Gasteiger partial charge on any atom is 0.191 e. The Morgan fingerprint density at radius 2 is 1.10 bits per heavy atom. The first-order chi connectivity index (χ1) is 15.0. The van der Waals surface area contributed by atoms with Crippen LogP contribution in [0.2, 0.25) is 10.0 Å². The topological polar surface area (TPSA) is 70.7 Å². The zero-order chi connectivity index (χ0) is 21.9.